The fourth-order valence-electron chi connectivity index (χ4n) is 6.67. The van der Waals surface area contributed by atoms with Crippen molar-refractivity contribution < 1.29 is 4.79 Å². The quantitative estimate of drug-likeness (QED) is 0.616. The van der Waals surface area contributed by atoms with Gasteiger partial charge in [0.25, 0.3) is 0 Å². The van der Waals surface area contributed by atoms with Gasteiger partial charge in [0.1, 0.15) is 0 Å². The van der Waals surface area contributed by atoms with Crippen molar-refractivity contribution in [2.24, 2.45) is 22.2 Å². The van der Waals surface area contributed by atoms with Crippen molar-refractivity contribution in [3.8, 4) is 11.8 Å². The predicted molar refractivity (Wildman–Crippen MR) is 85.5 cm³/mol. The monoisotopic (exact) mass is 287 g/mol. The normalized spacial score (nSPS) is 43.3. The smallest absolute Gasteiger partial charge is 0.220 e. The van der Waals surface area contributed by atoms with E-state index < -0.39 is 0 Å². The third-order valence-corrected chi connectivity index (χ3v) is 6.03. The van der Waals surface area contributed by atoms with E-state index in [0.717, 1.165) is 18.8 Å². The van der Waals surface area contributed by atoms with Crippen LogP contribution in [-0.2, 0) is 4.79 Å². The molecular weight excluding hydrogens is 258 g/mol. The average Bonchev–Trinajstić information content (AvgIpc) is 2.29. The molecule has 1 amide bonds. The van der Waals surface area contributed by atoms with Crippen molar-refractivity contribution in [3.63, 3.8) is 0 Å². The molecule has 0 aliphatic heterocycles. The van der Waals surface area contributed by atoms with Crippen LogP contribution in [0.15, 0.2) is 0 Å². The molecular formula is C19H29NO. The van der Waals surface area contributed by atoms with Gasteiger partial charge in [-0.05, 0) is 67.6 Å². The van der Waals surface area contributed by atoms with E-state index in [2.05, 4.69) is 31.0 Å². The molecule has 2 unspecified atom stereocenters. The number of rotatable bonds is 4. The predicted octanol–water partition coefficient (Wildman–Crippen LogP) is 3.90. The van der Waals surface area contributed by atoms with Crippen molar-refractivity contribution in [1.29, 1.82) is 0 Å². The Balaban J connectivity index is 1.64. The molecule has 0 radical (unpaired) electrons. The summed E-state index contributed by atoms with van der Waals surface area (Å²) in [6, 6.07) is 0. The summed E-state index contributed by atoms with van der Waals surface area (Å²) in [4.78, 5) is 12.3. The van der Waals surface area contributed by atoms with Gasteiger partial charge in [-0.1, -0.05) is 13.8 Å². The molecule has 21 heavy (non-hydrogen) atoms. The largest absolute Gasteiger partial charge is 0.355 e. The van der Waals surface area contributed by atoms with Crippen LogP contribution < -0.4 is 5.32 Å². The Labute approximate surface area is 129 Å². The minimum absolute atomic E-state index is 0.252. The molecule has 2 heteroatoms. The molecule has 4 aliphatic rings. The Morgan fingerprint density at radius 2 is 1.81 bits per heavy atom. The maximum absolute atomic E-state index is 12.3. The molecule has 0 aromatic heterocycles. The number of carbonyl (C=O) groups is 1. The minimum atomic E-state index is 0.252. The van der Waals surface area contributed by atoms with Crippen LogP contribution in [0.3, 0.4) is 0 Å². The number of carbonyl (C=O) groups excluding carboxylic acids is 1. The summed E-state index contributed by atoms with van der Waals surface area (Å²) in [6.45, 7) is 7.49. The molecule has 4 aliphatic carbocycles. The zero-order chi connectivity index (χ0) is 15.1. The third kappa shape index (κ3) is 2.98. The van der Waals surface area contributed by atoms with Gasteiger partial charge in [-0.2, -0.15) is 0 Å². The Morgan fingerprint density at radius 3 is 2.38 bits per heavy atom. The summed E-state index contributed by atoms with van der Waals surface area (Å²) in [5, 5.41) is 3.08. The van der Waals surface area contributed by atoms with Gasteiger partial charge in [-0.3, -0.25) is 4.79 Å². The first-order chi connectivity index (χ1) is 9.86. The lowest BCUT2D eigenvalue weighted by molar-refractivity contribution is -0.156. The highest BCUT2D eigenvalue weighted by Crippen LogP contribution is 2.70. The molecule has 4 bridgehead atoms. The van der Waals surface area contributed by atoms with E-state index in [0.29, 0.717) is 22.8 Å². The fraction of sp³-hybridized carbons (Fsp3) is 0.842. The summed E-state index contributed by atoms with van der Waals surface area (Å²) < 4.78 is 0. The highest BCUT2D eigenvalue weighted by Gasteiger charge is 2.60. The van der Waals surface area contributed by atoms with Gasteiger partial charge in [0, 0.05) is 19.4 Å². The van der Waals surface area contributed by atoms with Crippen LogP contribution in [0, 0.1) is 34.0 Å². The van der Waals surface area contributed by atoms with E-state index in [4.69, 9.17) is 0 Å². The first kappa shape index (κ1) is 14.9. The maximum Gasteiger partial charge on any atom is 0.220 e. The standard InChI is InChI=1S/C19H29NO/c1-4-5-6-7-20-16(21)11-19-10-15-8-17(2,13-19)12-18(3,9-15)14-19/h15H,6-14H2,1-3H3,(H,20,21). The van der Waals surface area contributed by atoms with Gasteiger partial charge < -0.3 is 5.32 Å². The van der Waals surface area contributed by atoms with Crippen LogP contribution >= 0.6 is 0 Å². The Kier molecular flexibility index (Phi) is 3.59. The zero-order valence-corrected chi connectivity index (χ0v) is 13.8. The van der Waals surface area contributed by atoms with Crippen molar-refractivity contribution in [2.75, 3.05) is 6.54 Å². The lowest BCUT2D eigenvalue weighted by Gasteiger charge is -2.65. The molecule has 0 aromatic carbocycles. The van der Waals surface area contributed by atoms with Crippen molar-refractivity contribution >= 4 is 5.91 Å². The summed E-state index contributed by atoms with van der Waals surface area (Å²) >= 11 is 0. The van der Waals surface area contributed by atoms with Gasteiger partial charge in [-0.25, -0.2) is 0 Å². The molecule has 4 rings (SSSR count). The summed E-state index contributed by atoms with van der Waals surface area (Å²) in [5.74, 6) is 7.01. The highest BCUT2D eigenvalue weighted by molar-refractivity contribution is 5.76. The van der Waals surface area contributed by atoms with Gasteiger partial charge in [0.2, 0.25) is 5.91 Å². The average molecular weight is 287 g/mol. The molecule has 0 saturated heterocycles. The fourth-order valence-corrected chi connectivity index (χ4v) is 6.67. The lowest BCUT2D eigenvalue weighted by atomic mass is 9.40. The van der Waals surface area contributed by atoms with Crippen LogP contribution in [0.1, 0.15) is 72.1 Å². The second-order valence-electron chi connectivity index (χ2n) is 8.83. The van der Waals surface area contributed by atoms with E-state index in [1.807, 2.05) is 6.92 Å². The zero-order valence-electron chi connectivity index (χ0n) is 13.8. The van der Waals surface area contributed by atoms with Crippen LogP contribution in [0.25, 0.3) is 0 Å². The van der Waals surface area contributed by atoms with E-state index in [1.54, 1.807) is 0 Å². The SMILES string of the molecule is CC#CCCNC(=O)CC12CC3CC(C)(CC(C)(C3)C1)C2. The number of hydrogen-bond acceptors (Lipinski definition) is 1. The van der Waals surface area contributed by atoms with Gasteiger partial charge >= 0.3 is 0 Å². The number of nitrogens with one attached hydrogen (secondary N) is 1. The minimum Gasteiger partial charge on any atom is -0.355 e. The summed E-state index contributed by atoms with van der Waals surface area (Å²) in [5.41, 5.74) is 1.30. The molecule has 4 saturated carbocycles. The second-order valence-corrected chi connectivity index (χ2v) is 8.83. The molecule has 0 heterocycles. The van der Waals surface area contributed by atoms with Crippen LogP contribution in [0.4, 0.5) is 0 Å². The van der Waals surface area contributed by atoms with E-state index in [1.165, 1.54) is 38.5 Å². The van der Waals surface area contributed by atoms with Crippen molar-refractivity contribution in [2.45, 2.75) is 72.1 Å². The van der Waals surface area contributed by atoms with Gasteiger partial charge in [0.15, 0.2) is 0 Å². The van der Waals surface area contributed by atoms with E-state index in [9.17, 15) is 4.79 Å². The second kappa shape index (κ2) is 5.04. The molecule has 2 nitrogen and oxygen atoms in total. The van der Waals surface area contributed by atoms with Crippen molar-refractivity contribution in [3.05, 3.63) is 0 Å². The van der Waals surface area contributed by atoms with Crippen LogP contribution in [0.2, 0.25) is 0 Å². The third-order valence-electron chi connectivity index (χ3n) is 6.03. The maximum atomic E-state index is 12.3. The topological polar surface area (TPSA) is 29.1 Å². The van der Waals surface area contributed by atoms with E-state index >= 15 is 0 Å². The molecule has 116 valence electrons. The number of hydrogen-bond donors (Lipinski definition) is 1. The summed E-state index contributed by atoms with van der Waals surface area (Å²) in [6.07, 6.45) is 9.53. The molecule has 2 atom stereocenters. The molecule has 4 fully saturated rings. The first-order valence-electron chi connectivity index (χ1n) is 8.53. The Hall–Kier alpha value is -0.970. The summed E-state index contributed by atoms with van der Waals surface area (Å²) in [7, 11) is 0. The number of amides is 1. The van der Waals surface area contributed by atoms with Crippen LogP contribution in [-0.4, -0.2) is 12.5 Å². The van der Waals surface area contributed by atoms with E-state index in [-0.39, 0.29) is 5.91 Å². The van der Waals surface area contributed by atoms with Crippen LogP contribution in [0.5, 0.6) is 0 Å². The van der Waals surface area contributed by atoms with Gasteiger partial charge in [0.05, 0.1) is 0 Å². The van der Waals surface area contributed by atoms with Gasteiger partial charge in [-0.15, -0.1) is 11.8 Å². The molecule has 0 aromatic rings. The highest BCUT2D eigenvalue weighted by atomic mass is 16.1. The molecule has 0 spiro atoms. The molecule has 1 N–H and O–H groups in total. The Morgan fingerprint density at radius 1 is 1.14 bits per heavy atom. The lowest BCUT2D eigenvalue weighted by Crippen LogP contribution is -2.56. The first-order valence-corrected chi connectivity index (χ1v) is 8.53. The van der Waals surface area contributed by atoms with Crippen molar-refractivity contribution in [1.82, 2.24) is 5.32 Å². The Bertz CT molecular complexity index is 479.